The van der Waals surface area contributed by atoms with Crippen LogP contribution in [0, 0.1) is 0 Å². The Morgan fingerprint density at radius 3 is 1.54 bits per heavy atom. The van der Waals surface area contributed by atoms with E-state index < -0.39 is 32.0 Å². The molecule has 14 heteroatoms. The van der Waals surface area contributed by atoms with Crippen molar-refractivity contribution in [2.24, 2.45) is 17.3 Å². The molecule has 0 unspecified atom stereocenters. The highest BCUT2D eigenvalue weighted by Gasteiger charge is 2.39. The van der Waals surface area contributed by atoms with E-state index in [1.165, 1.54) is 0 Å². The molecule has 2 saturated carbocycles. The van der Waals surface area contributed by atoms with E-state index in [4.69, 9.17) is 19.8 Å². The van der Waals surface area contributed by atoms with E-state index in [9.17, 15) is 31.5 Å². The highest BCUT2D eigenvalue weighted by molar-refractivity contribution is 7.89. The minimum Gasteiger partial charge on any atom is -0.478 e. The van der Waals surface area contributed by atoms with Gasteiger partial charge in [-0.15, -0.1) is 0 Å². The zero-order valence-corrected chi connectivity index (χ0v) is 24.0. The number of sulfonamides is 2. The lowest BCUT2D eigenvalue weighted by Gasteiger charge is -2.08. The number of nitrogens with two attached hydrogens (primary N) is 2. The van der Waals surface area contributed by atoms with Crippen molar-refractivity contribution < 1.29 is 41.1 Å². The minimum atomic E-state index is -4.13. The minimum absolute atomic E-state index is 0.0123. The van der Waals surface area contributed by atoms with E-state index in [0.29, 0.717) is 30.0 Å². The molecule has 0 aliphatic heterocycles. The summed E-state index contributed by atoms with van der Waals surface area (Å²) in [7, 11) is -6.51. The zero-order chi connectivity index (χ0) is 29.3. The molecule has 2 aliphatic rings. The lowest BCUT2D eigenvalue weighted by atomic mass is 10.0. The molecule has 6 N–H and O–H groups in total. The van der Waals surface area contributed by atoms with Crippen molar-refractivity contribution in [3.05, 3.63) is 34.0 Å². The van der Waals surface area contributed by atoms with Gasteiger partial charge in [0.25, 0.3) is 0 Å². The SMILES string of the molecule is CCc1c(C(=O)O)c(S(N)(=O)=O)c(CC)n1C.NS(=O)(=O)c1c(C2CCCC2)oc(C2CCCC2)c1C(=O)O. The van der Waals surface area contributed by atoms with Crippen molar-refractivity contribution in [1.82, 2.24) is 4.57 Å². The Bertz CT molecular complexity index is 1460. The average Bonchev–Trinajstić information content (AvgIpc) is 3.62. The fourth-order valence-corrected chi connectivity index (χ4v) is 8.03. The number of nitrogens with zero attached hydrogens (tertiary/aromatic N) is 1. The molecule has 0 radical (unpaired) electrons. The summed E-state index contributed by atoms with van der Waals surface area (Å²) in [4.78, 5) is 22.3. The third-order valence-electron chi connectivity index (χ3n) is 7.62. The van der Waals surface area contributed by atoms with Gasteiger partial charge in [0, 0.05) is 30.3 Å². The number of carboxylic acids is 2. The Labute approximate surface area is 228 Å². The van der Waals surface area contributed by atoms with Gasteiger partial charge in [-0.3, -0.25) is 0 Å². The summed E-state index contributed by atoms with van der Waals surface area (Å²) in [5, 5.41) is 29.1. The lowest BCUT2D eigenvalue weighted by molar-refractivity contribution is 0.0680. The molecule has 2 heterocycles. The maximum absolute atomic E-state index is 12.0. The number of primary sulfonamides is 2. The van der Waals surface area contributed by atoms with Gasteiger partial charge in [0.1, 0.15) is 32.4 Å². The molecule has 218 valence electrons. The van der Waals surface area contributed by atoms with Crippen LogP contribution in [0.2, 0.25) is 0 Å². The second-order valence-electron chi connectivity index (χ2n) is 10.1. The standard InChI is InChI=1S/C15H21NO5S.C10H16N2O4S/c16-22(19,20)14-11(15(17)18)12(9-5-1-2-6-9)21-13(14)10-7-3-4-8-10;1-4-6-8(10(13)14)9(17(11,15)16)7(5-2)12(6)3/h9-10H,1-8H2,(H,17,18)(H2,16,19,20);4-5H2,1-3H3,(H,13,14)(H2,11,15,16). The van der Waals surface area contributed by atoms with Gasteiger partial charge in [-0.2, -0.15) is 0 Å². The van der Waals surface area contributed by atoms with E-state index in [2.05, 4.69) is 0 Å². The third kappa shape index (κ3) is 6.23. The van der Waals surface area contributed by atoms with Gasteiger partial charge in [0.05, 0.1) is 0 Å². The number of hydrogen-bond donors (Lipinski definition) is 4. The molecule has 0 amide bonds. The van der Waals surface area contributed by atoms with Crippen molar-refractivity contribution in [1.29, 1.82) is 0 Å². The van der Waals surface area contributed by atoms with E-state index in [1.807, 2.05) is 0 Å². The van der Waals surface area contributed by atoms with Gasteiger partial charge in [0.2, 0.25) is 20.0 Å². The fourth-order valence-electron chi connectivity index (χ4n) is 5.97. The van der Waals surface area contributed by atoms with Gasteiger partial charge in [0.15, 0.2) is 0 Å². The normalized spacial score (nSPS) is 16.8. The summed E-state index contributed by atoms with van der Waals surface area (Å²) in [6.07, 6.45) is 8.15. The Balaban J connectivity index is 0.000000224. The van der Waals surface area contributed by atoms with Crippen LogP contribution < -0.4 is 10.3 Å². The number of rotatable bonds is 8. The summed E-state index contributed by atoms with van der Waals surface area (Å²) in [6, 6.07) is 0. The number of aromatic nitrogens is 1. The molecule has 2 fully saturated rings. The fraction of sp³-hybridized carbons (Fsp3) is 0.600. The first kappa shape index (κ1) is 30.9. The van der Waals surface area contributed by atoms with Gasteiger partial charge in [-0.25, -0.2) is 36.7 Å². The molecule has 39 heavy (non-hydrogen) atoms. The zero-order valence-electron chi connectivity index (χ0n) is 22.4. The predicted molar refractivity (Wildman–Crippen MR) is 142 cm³/mol. The summed E-state index contributed by atoms with van der Waals surface area (Å²) in [6.45, 7) is 3.53. The van der Waals surface area contributed by atoms with Crippen molar-refractivity contribution in [3.63, 3.8) is 0 Å². The Morgan fingerprint density at radius 2 is 1.18 bits per heavy atom. The molecule has 0 atom stereocenters. The second kappa shape index (κ2) is 11.8. The van der Waals surface area contributed by atoms with Crippen molar-refractivity contribution in [2.45, 2.75) is 99.7 Å². The average molecular weight is 588 g/mol. The maximum atomic E-state index is 12.0. The summed E-state index contributed by atoms with van der Waals surface area (Å²) in [5.74, 6) is -1.99. The van der Waals surface area contributed by atoms with Crippen LogP contribution in [0.1, 0.15) is 121 Å². The molecule has 4 rings (SSSR count). The topological polar surface area (TPSA) is 213 Å². The molecule has 2 aromatic heterocycles. The van der Waals surface area contributed by atoms with Crippen LogP contribution in [0.4, 0.5) is 0 Å². The molecule has 0 aromatic carbocycles. The van der Waals surface area contributed by atoms with Crippen molar-refractivity contribution >= 4 is 32.0 Å². The van der Waals surface area contributed by atoms with Crippen LogP contribution in [-0.2, 0) is 39.9 Å². The van der Waals surface area contributed by atoms with Crippen molar-refractivity contribution in [2.75, 3.05) is 0 Å². The first-order valence-corrected chi connectivity index (χ1v) is 16.1. The maximum Gasteiger partial charge on any atom is 0.340 e. The first-order valence-electron chi connectivity index (χ1n) is 13.0. The smallest absolute Gasteiger partial charge is 0.340 e. The molecule has 12 nitrogen and oxygen atoms in total. The van der Waals surface area contributed by atoms with Crippen LogP contribution in [-0.4, -0.2) is 43.6 Å². The number of carboxylic acid groups (broad SMARTS) is 2. The number of hydrogen-bond acceptors (Lipinski definition) is 7. The summed E-state index contributed by atoms with van der Waals surface area (Å²) in [5.41, 5.74) is 0.478. The molecule has 2 aliphatic carbocycles. The van der Waals surface area contributed by atoms with Crippen LogP contribution in [0.5, 0.6) is 0 Å². The molecule has 0 saturated heterocycles. The highest BCUT2D eigenvalue weighted by atomic mass is 32.2. The molecule has 2 aromatic rings. The van der Waals surface area contributed by atoms with Crippen LogP contribution in [0.25, 0.3) is 0 Å². The first-order chi connectivity index (χ1) is 18.1. The largest absolute Gasteiger partial charge is 0.478 e. The Morgan fingerprint density at radius 1 is 0.769 bits per heavy atom. The van der Waals surface area contributed by atoms with E-state index >= 15 is 0 Å². The van der Waals surface area contributed by atoms with Crippen LogP contribution >= 0.6 is 0 Å². The molecular formula is C25H37N3O9S2. The lowest BCUT2D eigenvalue weighted by Crippen LogP contribution is -2.18. The van der Waals surface area contributed by atoms with E-state index in [1.54, 1.807) is 25.5 Å². The predicted octanol–water partition coefficient (Wildman–Crippen LogP) is 3.44. The van der Waals surface area contributed by atoms with Gasteiger partial charge < -0.3 is 19.2 Å². The van der Waals surface area contributed by atoms with Gasteiger partial charge in [-0.05, 0) is 38.5 Å². The Hall–Kier alpha value is -2.68. The summed E-state index contributed by atoms with van der Waals surface area (Å²) < 4.78 is 54.5. The Kier molecular flexibility index (Phi) is 9.35. The monoisotopic (exact) mass is 587 g/mol. The second-order valence-corrected chi connectivity index (χ2v) is 13.1. The van der Waals surface area contributed by atoms with Crippen LogP contribution in [0.3, 0.4) is 0 Å². The molecule has 0 bridgehead atoms. The third-order valence-corrected chi connectivity index (χ3v) is 9.61. The van der Waals surface area contributed by atoms with Gasteiger partial charge in [-0.1, -0.05) is 39.5 Å². The quantitative estimate of drug-likeness (QED) is 0.355. The molecule has 0 spiro atoms. The van der Waals surface area contributed by atoms with E-state index in [-0.39, 0.29) is 38.5 Å². The number of carbonyl (C=O) groups is 2. The van der Waals surface area contributed by atoms with E-state index in [0.717, 1.165) is 51.4 Å². The summed E-state index contributed by atoms with van der Waals surface area (Å²) >= 11 is 0. The van der Waals surface area contributed by atoms with Gasteiger partial charge >= 0.3 is 11.9 Å². The van der Waals surface area contributed by atoms with Crippen LogP contribution in [0.15, 0.2) is 14.2 Å². The number of furan rings is 1. The van der Waals surface area contributed by atoms with Crippen molar-refractivity contribution in [3.8, 4) is 0 Å². The molecular weight excluding hydrogens is 550 g/mol. The highest BCUT2D eigenvalue weighted by Crippen LogP contribution is 2.45. The number of aromatic carboxylic acids is 2.